The fraction of sp³-hybridized carbons (Fsp3) is 0.500. The van der Waals surface area contributed by atoms with Crippen molar-refractivity contribution in [2.45, 2.75) is 32.7 Å². The van der Waals surface area contributed by atoms with Gasteiger partial charge in [0, 0.05) is 24.7 Å². The molecule has 0 radical (unpaired) electrons. The number of hydrogen-bond acceptors (Lipinski definition) is 2. The minimum Gasteiger partial charge on any atom is -0.337 e. The van der Waals surface area contributed by atoms with Gasteiger partial charge in [0.2, 0.25) is 0 Å². The number of rotatable bonds is 1. The molecule has 1 fully saturated rings. The van der Waals surface area contributed by atoms with Crippen LogP contribution in [0.5, 0.6) is 0 Å². The average molecular weight is 232 g/mol. The third-order valence-electron chi connectivity index (χ3n) is 3.50. The number of hydrogen-bond donors (Lipinski definition) is 1. The Hall–Kier alpha value is -1.35. The van der Waals surface area contributed by atoms with Gasteiger partial charge in [-0.25, -0.2) is 0 Å². The molecule has 0 spiro atoms. The zero-order valence-corrected chi connectivity index (χ0v) is 10.6. The van der Waals surface area contributed by atoms with E-state index in [9.17, 15) is 4.79 Å². The van der Waals surface area contributed by atoms with Crippen molar-refractivity contribution < 1.29 is 4.79 Å². The van der Waals surface area contributed by atoms with Gasteiger partial charge in [0.25, 0.3) is 5.91 Å². The van der Waals surface area contributed by atoms with Crippen LogP contribution >= 0.6 is 0 Å². The number of nitrogens with two attached hydrogens (primary N) is 1. The lowest BCUT2D eigenvalue weighted by molar-refractivity contribution is 0.0708. The maximum atomic E-state index is 12.3. The predicted octanol–water partition coefficient (Wildman–Crippen LogP) is 1.87. The fourth-order valence-corrected chi connectivity index (χ4v) is 2.25. The highest BCUT2D eigenvalue weighted by molar-refractivity contribution is 5.94. The van der Waals surface area contributed by atoms with Crippen LogP contribution in [0.2, 0.25) is 0 Å². The molecular formula is C14H20N2O. The summed E-state index contributed by atoms with van der Waals surface area (Å²) in [5.41, 5.74) is 9.06. The summed E-state index contributed by atoms with van der Waals surface area (Å²) in [7, 11) is 0. The average Bonchev–Trinajstić information content (AvgIpc) is 2.32. The van der Waals surface area contributed by atoms with Crippen molar-refractivity contribution in [1.29, 1.82) is 0 Å². The minimum atomic E-state index is 0.114. The molecular weight excluding hydrogens is 212 g/mol. The Morgan fingerprint density at radius 3 is 2.76 bits per heavy atom. The molecule has 1 aromatic rings. The molecule has 1 aliphatic rings. The molecule has 2 N–H and O–H groups in total. The van der Waals surface area contributed by atoms with Gasteiger partial charge in [-0.1, -0.05) is 6.07 Å². The number of amides is 1. The van der Waals surface area contributed by atoms with Crippen molar-refractivity contribution in [3.05, 3.63) is 34.9 Å². The molecule has 1 aromatic carbocycles. The monoisotopic (exact) mass is 232 g/mol. The zero-order valence-electron chi connectivity index (χ0n) is 10.6. The predicted molar refractivity (Wildman–Crippen MR) is 69.0 cm³/mol. The van der Waals surface area contributed by atoms with Crippen molar-refractivity contribution in [2.24, 2.45) is 5.73 Å². The minimum absolute atomic E-state index is 0.114. The van der Waals surface area contributed by atoms with Gasteiger partial charge in [-0.3, -0.25) is 4.79 Å². The van der Waals surface area contributed by atoms with Crippen LogP contribution in [0.1, 0.15) is 34.3 Å². The van der Waals surface area contributed by atoms with Crippen LogP contribution in [0.3, 0.4) is 0 Å². The first kappa shape index (κ1) is 12.1. The van der Waals surface area contributed by atoms with E-state index < -0.39 is 0 Å². The van der Waals surface area contributed by atoms with E-state index >= 15 is 0 Å². The molecule has 1 atom stereocenters. The number of carbonyl (C=O) groups is 1. The van der Waals surface area contributed by atoms with Gasteiger partial charge in [0.1, 0.15) is 0 Å². The summed E-state index contributed by atoms with van der Waals surface area (Å²) in [6.45, 7) is 5.61. The quantitative estimate of drug-likeness (QED) is 0.803. The lowest BCUT2D eigenvalue weighted by Crippen LogP contribution is -2.45. The lowest BCUT2D eigenvalue weighted by Gasteiger charge is -2.31. The molecule has 17 heavy (non-hydrogen) atoms. The summed E-state index contributed by atoms with van der Waals surface area (Å²) in [6.07, 6.45) is 2.04. The van der Waals surface area contributed by atoms with Crippen LogP contribution < -0.4 is 5.73 Å². The third-order valence-corrected chi connectivity index (χ3v) is 3.50. The molecule has 0 saturated carbocycles. The van der Waals surface area contributed by atoms with Crippen LogP contribution in [-0.4, -0.2) is 29.9 Å². The number of likely N-dealkylation sites (tertiary alicyclic amines) is 1. The molecule has 1 heterocycles. The van der Waals surface area contributed by atoms with Gasteiger partial charge in [-0.2, -0.15) is 0 Å². The topological polar surface area (TPSA) is 46.3 Å². The van der Waals surface area contributed by atoms with Gasteiger partial charge >= 0.3 is 0 Å². The Morgan fingerprint density at radius 2 is 2.12 bits per heavy atom. The number of nitrogens with zero attached hydrogens (tertiary/aromatic N) is 1. The van der Waals surface area contributed by atoms with E-state index in [2.05, 4.69) is 6.92 Å². The summed E-state index contributed by atoms with van der Waals surface area (Å²) in [6, 6.07) is 6.02. The lowest BCUT2D eigenvalue weighted by atomic mass is 10.0. The molecule has 0 aliphatic carbocycles. The van der Waals surface area contributed by atoms with Gasteiger partial charge in [0.15, 0.2) is 0 Å². The molecule has 0 aromatic heterocycles. The molecule has 92 valence electrons. The number of benzene rings is 1. The van der Waals surface area contributed by atoms with Crippen LogP contribution in [0.4, 0.5) is 0 Å². The standard InChI is InChI=1S/C14H20N2O/c1-10-5-6-12(8-11(10)2)14(17)16-7-3-4-13(15)9-16/h5-6,8,13H,3-4,7,9,15H2,1-2H3/t13-/m0/s1. The highest BCUT2D eigenvalue weighted by atomic mass is 16.2. The number of piperidine rings is 1. The van der Waals surface area contributed by atoms with Crippen molar-refractivity contribution in [1.82, 2.24) is 4.90 Å². The largest absolute Gasteiger partial charge is 0.337 e. The van der Waals surface area contributed by atoms with Crippen molar-refractivity contribution >= 4 is 5.91 Å². The molecule has 1 aliphatic heterocycles. The Bertz CT molecular complexity index is 428. The second kappa shape index (κ2) is 4.88. The maximum Gasteiger partial charge on any atom is 0.253 e. The van der Waals surface area contributed by atoms with E-state index in [-0.39, 0.29) is 11.9 Å². The smallest absolute Gasteiger partial charge is 0.253 e. The molecule has 2 rings (SSSR count). The maximum absolute atomic E-state index is 12.3. The Labute approximate surface area is 103 Å². The van der Waals surface area contributed by atoms with Gasteiger partial charge in [-0.15, -0.1) is 0 Å². The first-order chi connectivity index (χ1) is 8.08. The second-order valence-electron chi connectivity index (χ2n) is 4.95. The van der Waals surface area contributed by atoms with E-state index in [0.717, 1.165) is 30.5 Å². The van der Waals surface area contributed by atoms with Crippen LogP contribution in [0.25, 0.3) is 0 Å². The zero-order chi connectivity index (χ0) is 12.4. The SMILES string of the molecule is Cc1ccc(C(=O)N2CCC[C@H](N)C2)cc1C. The molecule has 1 amide bonds. The summed E-state index contributed by atoms with van der Waals surface area (Å²) in [5, 5.41) is 0. The summed E-state index contributed by atoms with van der Waals surface area (Å²) < 4.78 is 0. The van der Waals surface area contributed by atoms with E-state index in [1.165, 1.54) is 5.56 Å². The van der Waals surface area contributed by atoms with Crippen molar-refractivity contribution in [2.75, 3.05) is 13.1 Å². The molecule has 1 saturated heterocycles. The van der Waals surface area contributed by atoms with Gasteiger partial charge in [0.05, 0.1) is 0 Å². The molecule has 0 bridgehead atoms. The van der Waals surface area contributed by atoms with E-state index in [1.807, 2.05) is 30.0 Å². The fourth-order valence-electron chi connectivity index (χ4n) is 2.25. The van der Waals surface area contributed by atoms with E-state index in [1.54, 1.807) is 0 Å². The summed E-state index contributed by atoms with van der Waals surface area (Å²) in [5.74, 6) is 0.114. The van der Waals surface area contributed by atoms with Crippen LogP contribution in [0.15, 0.2) is 18.2 Å². The van der Waals surface area contributed by atoms with E-state index in [0.29, 0.717) is 6.54 Å². The Balaban J connectivity index is 2.15. The number of aryl methyl sites for hydroxylation is 2. The summed E-state index contributed by atoms with van der Waals surface area (Å²) >= 11 is 0. The van der Waals surface area contributed by atoms with Crippen LogP contribution in [0, 0.1) is 13.8 Å². The van der Waals surface area contributed by atoms with Crippen LogP contribution in [-0.2, 0) is 0 Å². The normalized spacial score (nSPS) is 20.4. The first-order valence-electron chi connectivity index (χ1n) is 6.20. The summed E-state index contributed by atoms with van der Waals surface area (Å²) in [4.78, 5) is 14.2. The van der Waals surface area contributed by atoms with Crippen molar-refractivity contribution in [3.8, 4) is 0 Å². The highest BCUT2D eigenvalue weighted by Crippen LogP contribution is 2.15. The molecule has 0 unspecified atom stereocenters. The second-order valence-corrected chi connectivity index (χ2v) is 4.95. The van der Waals surface area contributed by atoms with Gasteiger partial charge < -0.3 is 10.6 Å². The highest BCUT2D eigenvalue weighted by Gasteiger charge is 2.22. The first-order valence-corrected chi connectivity index (χ1v) is 6.20. The Kier molecular flexibility index (Phi) is 3.48. The third kappa shape index (κ3) is 2.67. The number of carbonyl (C=O) groups excluding carboxylic acids is 1. The van der Waals surface area contributed by atoms with E-state index in [4.69, 9.17) is 5.73 Å². The Morgan fingerprint density at radius 1 is 1.35 bits per heavy atom. The van der Waals surface area contributed by atoms with Crippen molar-refractivity contribution in [3.63, 3.8) is 0 Å². The van der Waals surface area contributed by atoms with Gasteiger partial charge in [-0.05, 0) is 49.9 Å². The molecule has 3 nitrogen and oxygen atoms in total. The molecule has 3 heteroatoms.